The fraction of sp³-hybridized carbons (Fsp3) is 0.467. The highest BCUT2D eigenvalue weighted by molar-refractivity contribution is 6.55. The molecule has 0 aliphatic carbocycles. The molecule has 5 nitrogen and oxygen atoms in total. The summed E-state index contributed by atoms with van der Waals surface area (Å²) >= 11 is 0. The molecule has 0 unspecified atom stereocenters. The third-order valence-electron chi connectivity index (χ3n) is 4.14. The molecule has 21 heavy (non-hydrogen) atoms. The second-order valence-electron chi connectivity index (χ2n) is 6.28. The smallest absolute Gasteiger partial charge is 0.492 e. The fourth-order valence-corrected chi connectivity index (χ4v) is 2.06. The summed E-state index contributed by atoms with van der Waals surface area (Å²) in [7, 11) is -0.602. The van der Waals surface area contributed by atoms with Gasteiger partial charge >= 0.3 is 7.12 Å². The molecule has 1 heterocycles. The van der Waals surface area contributed by atoms with E-state index in [2.05, 4.69) is 0 Å². The van der Waals surface area contributed by atoms with Crippen molar-refractivity contribution in [3.63, 3.8) is 0 Å². The zero-order valence-corrected chi connectivity index (χ0v) is 12.9. The number of benzene rings is 1. The predicted molar refractivity (Wildman–Crippen MR) is 83.7 cm³/mol. The largest absolute Gasteiger partial charge is 0.506 e. The Morgan fingerprint density at radius 2 is 1.81 bits per heavy atom. The van der Waals surface area contributed by atoms with Crippen molar-refractivity contribution in [3.05, 3.63) is 29.2 Å². The van der Waals surface area contributed by atoms with Crippen LogP contribution in [0.1, 0.15) is 33.3 Å². The molecule has 1 aliphatic rings. The number of aromatic hydroxyl groups is 1. The highest BCUT2D eigenvalue weighted by Crippen LogP contribution is 2.38. The number of aliphatic hydroxyl groups excluding tert-OH is 1. The summed E-state index contributed by atoms with van der Waals surface area (Å²) in [4.78, 5) is 0. The summed E-state index contributed by atoms with van der Waals surface area (Å²) < 4.78 is 11.8. The quantitative estimate of drug-likeness (QED) is 0.450. The molecule has 0 saturated carbocycles. The average Bonchev–Trinajstić information content (AvgIpc) is 2.59. The van der Waals surface area contributed by atoms with Gasteiger partial charge in [0.15, 0.2) is 0 Å². The Morgan fingerprint density at radius 3 is 2.29 bits per heavy atom. The van der Waals surface area contributed by atoms with Gasteiger partial charge in [0.05, 0.1) is 23.5 Å². The molecule has 1 fully saturated rings. The Kier molecular flexibility index (Phi) is 4.06. The van der Waals surface area contributed by atoms with E-state index in [9.17, 15) is 10.2 Å². The van der Waals surface area contributed by atoms with Crippen molar-refractivity contribution in [1.29, 1.82) is 0 Å². The zero-order chi connectivity index (χ0) is 15.8. The molecule has 0 atom stereocenters. The van der Waals surface area contributed by atoms with Crippen LogP contribution in [0.5, 0.6) is 5.75 Å². The van der Waals surface area contributed by atoms with Gasteiger partial charge < -0.3 is 25.3 Å². The Labute approximate surface area is 125 Å². The summed E-state index contributed by atoms with van der Waals surface area (Å²) in [5.41, 5.74) is 6.42. The van der Waals surface area contributed by atoms with Gasteiger partial charge in [0.1, 0.15) is 5.75 Å². The van der Waals surface area contributed by atoms with Gasteiger partial charge in [-0.2, -0.15) is 0 Å². The van der Waals surface area contributed by atoms with Crippen LogP contribution >= 0.6 is 0 Å². The van der Waals surface area contributed by atoms with Crippen LogP contribution < -0.4 is 5.73 Å². The number of anilines is 1. The first kappa shape index (κ1) is 15.9. The van der Waals surface area contributed by atoms with E-state index in [4.69, 9.17) is 15.0 Å². The van der Waals surface area contributed by atoms with Crippen molar-refractivity contribution in [1.82, 2.24) is 0 Å². The van der Waals surface area contributed by atoms with E-state index in [1.54, 1.807) is 18.2 Å². The highest BCUT2D eigenvalue weighted by atomic mass is 16.7. The minimum Gasteiger partial charge on any atom is -0.506 e. The number of nitrogens with two attached hydrogens (primary N) is 1. The molecular weight excluding hydrogens is 269 g/mol. The molecule has 1 aromatic rings. The van der Waals surface area contributed by atoms with Gasteiger partial charge in [-0.3, -0.25) is 0 Å². The van der Waals surface area contributed by atoms with E-state index in [-0.39, 0.29) is 18.0 Å². The van der Waals surface area contributed by atoms with Crippen molar-refractivity contribution in [2.75, 3.05) is 12.3 Å². The Morgan fingerprint density at radius 1 is 1.24 bits per heavy atom. The molecule has 2 rings (SSSR count). The second kappa shape index (κ2) is 5.37. The number of nitrogen functional groups attached to an aromatic ring is 1. The van der Waals surface area contributed by atoms with Gasteiger partial charge in [-0.05, 0) is 50.9 Å². The molecular formula is C15H22BNO4. The van der Waals surface area contributed by atoms with Crippen LogP contribution in [0.4, 0.5) is 5.69 Å². The lowest BCUT2D eigenvalue weighted by atomic mass is 9.77. The number of hydrogen-bond donors (Lipinski definition) is 3. The van der Waals surface area contributed by atoms with Crippen LogP contribution in [0, 0.1) is 0 Å². The normalized spacial score (nSPS) is 20.8. The lowest BCUT2D eigenvalue weighted by Crippen LogP contribution is -2.41. The number of hydrogen-bond acceptors (Lipinski definition) is 5. The zero-order valence-electron chi connectivity index (χ0n) is 12.9. The number of aliphatic hydroxyl groups is 1. The molecule has 1 saturated heterocycles. The predicted octanol–water partition coefficient (Wildman–Crippen LogP) is 1.98. The van der Waals surface area contributed by atoms with E-state index >= 15 is 0 Å². The third kappa shape index (κ3) is 3.07. The first-order valence-corrected chi connectivity index (χ1v) is 6.92. The van der Waals surface area contributed by atoms with Crippen molar-refractivity contribution in [3.8, 4) is 5.75 Å². The van der Waals surface area contributed by atoms with Gasteiger partial charge in [0, 0.05) is 0 Å². The molecule has 0 aromatic heterocycles. The third-order valence-corrected chi connectivity index (χ3v) is 4.14. The van der Waals surface area contributed by atoms with E-state index < -0.39 is 18.3 Å². The summed E-state index contributed by atoms with van der Waals surface area (Å²) in [6.45, 7) is 7.65. The topological polar surface area (TPSA) is 84.9 Å². The maximum absolute atomic E-state index is 9.60. The minimum absolute atomic E-state index is 0.0355. The molecule has 0 bridgehead atoms. The van der Waals surface area contributed by atoms with Gasteiger partial charge in [-0.1, -0.05) is 12.1 Å². The lowest BCUT2D eigenvalue weighted by Gasteiger charge is -2.32. The van der Waals surface area contributed by atoms with Crippen molar-refractivity contribution >= 4 is 18.9 Å². The Hall–Kier alpha value is -1.50. The molecule has 0 amide bonds. The SMILES string of the molecule is CC1(C)OB(C(=Cc2ccc(O)c(N)c2)CO)OC1(C)C. The molecule has 0 spiro atoms. The molecule has 1 aliphatic heterocycles. The summed E-state index contributed by atoms with van der Waals surface area (Å²) in [5.74, 6) is 0.0355. The highest BCUT2D eigenvalue weighted by Gasteiger charge is 2.52. The van der Waals surface area contributed by atoms with Gasteiger partial charge in [-0.15, -0.1) is 0 Å². The Bertz CT molecular complexity index is 553. The Balaban J connectivity index is 2.28. The van der Waals surface area contributed by atoms with Gasteiger partial charge in [0.25, 0.3) is 0 Å². The molecule has 1 aromatic carbocycles. The van der Waals surface area contributed by atoms with Crippen molar-refractivity contribution in [2.24, 2.45) is 0 Å². The molecule has 6 heteroatoms. The average molecular weight is 291 g/mol. The number of phenolic OH excluding ortho intramolecular Hbond substituents is 1. The van der Waals surface area contributed by atoms with E-state index in [0.29, 0.717) is 5.47 Å². The summed E-state index contributed by atoms with van der Waals surface area (Å²) in [6, 6.07) is 4.86. The summed E-state index contributed by atoms with van der Waals surface area (Å²) in [5, 5.41) is 19.0. The first-order valence-electron chi connectivity index (χ1n) is 6.92. The van der Waals surface area contributed by atoms with Gasteiger partial charge in [0.2, 0.25) is 0 Å². The fourth-order valence-electron chi connectivity index (χ4n) is 2.06. The van der Waals surface area contributed by atoms with Crippen LogP contribution in [0.3, 0.4) is 0 Å². The molecule has 4 N–H and O–H groups in total. The number of phenols is 1. The summed E-state index contributed by atoms with van der Waals surface area (Å²) in [6.07, 6.45) is 1.76. The number of rotatable bonds is 3. The molecule has 0 radical (unpaired) electrons. The van der Waals surface area contributed by atoms with E-state index in [1.165, 1.54) is 6.07 Å². The van der Waals surface area contributed by atoms with Crippen LogP contribution in [0.25, 0.3) is 6.08 Å². The van der Waals surface area contributed by atoms with Gasteiger partial charge in [-0.25, -0.2) is 0 Å². The van der Waals surface area contributed by atoms with E-state index in [0.717, 1.165) is 5.56 Å². The maximum Gasteiger partial charge on any atom is 0.492 e. The maximum atomic E-state index is 9.60. The van der Waals surface area contributed by atoms with Crippen LogP contribution in [0.2, 0.25) is 0 Å². The second-order valence-corrected chi connectivity index (χ2v) is 6.28. The van der Waals surface area contributed by atoms with Crippen molar-refractivity contribution < 1.29 is 19.5 Å². The first-order chi connectivity index (χ1) is 9.66. The van der Waals surface area contributed by atoms with Crippen LogP contribution in [-0.4, -0.2) is 35.1 Å². The van der Waals surface area contributed by atoms with Crippen molar-refractivity contribution in [2.45, 2.75) is 38.9 Å². The standard InChI is InChI=1S/C15H22BNO4/c1-14(2)15(3,4)21-16(20-14)11(9-18)7-10-5-6-13(19)12(17)8-10/h5-8,18-19H,9,17H2,1-4H3. The van der Waals surface area contributed by atoms with Crippen LogP contribution in [0.15, 0.2) is 23.7 Å². The monoisotopic (exact) mass is 291 g/mol. The molecule has 114 valence electrons. The lowest BCUT2D eigenvalue weighted by molar-refractivity contribution is 0.00578. The van der Waals surface area contributed by atoms with E-state index in [1.807, 2.05) is 27.7 Å². The van der Waals surface area contributed by atoms with Crippen LogP contribution in [-0.2, 0) is 9.31 Å². The minimum atomic E-state index is -0.602.